The molecule has 0 radical (unpaired) electrons. The van der Waals surface area contributed by atoms with Gasteiger partial charge in [-0.2, -0.15) is 5.26 Å². The van der Waals surface area contributed by atoms with Gasteiger partial charge in [-0.3, -0.25) is 4.79 Å². The van der Waals surface area contributed by atoms with E-state index in [9.17, 15) is 10.1 Å². The van der Waals surface area contributed by atoms with Crippen molar-refractivity contribution in [1.29, 1.82) is 5.26 Å². The number of amides is 1. The Morgan fingerprint density at radius 1 is 1.16 bits per heavy atom. The smallest absolute Gasteiger partial charge is 0.220 e. The van der Waals surface area contributed by atoms with Gasteiger partial charge in [-0.15, -0.1) is 0 Å². The molecule has 106 valence electrons. The van der Waals surface area contributed by atoms with Gasteiger partial charge >= 0.3 is 0 Å². The van der Waals surface area contributed by atoms with Crippen LogP contribution in [0.1, 0.15) is 57.8 Å². The Morgan fingerprint density at radius 2 is 1.95 bits per heavy atom. The molecule has 0 aliphatic heterocycles. The lowest BCUT2D eigenvalue weighted by Gasteiger charge is -2.20. The Morgan fingerprint density at radius 3 is 2.68 bits per heavy atom. The van der Waals surface area contributed by atoms with Gasteiger partial charge in [0.2, 0.25) is 5.91 Å². The van der Waals surface area contributed by atoms with Crippen molar-refractivity contribution in [2.75, 3.05) is 6.54 Å². The van der Waals surface area contributed by atoms with Crippen LogP contribution in [0.2, 0.25) is 0 Å². The van der Waals surface area contributed by atoms with Crippen LogP contribution in [0.4, 0.5) is 0 Å². The number of rotatable bonds is 6. The molecule has 2 atom stereocenters. The zero-order valence-electron chi connectivity index (χ0n) is 11.7. The number of nitrogens with one attached hydrogen (secondary N) is 2. The third-order valence-corrected chi connectivity index (χ3v) is 4.11. The maximum Gasteiger partial charge on any atom is 0.220 e. The fourth-order valence-electron chi connectivity index (χ4n) is 2.77. The monoisotopic (exact) mass is 263 g/mol. The summed E-state index contributed by atoms with van der Waals surface area (Å²) in [6.45, 7) is 0.848. The number of hydrogen-bond acceptors (Lipinski definition) is 3. The molecule has 0 aromatic heterocycles. The molecule has 2 saturated carbocycles. The summed E-state index contributed by atoms with van der Waals surface area (Å²) >= 11 is 0. The summed E-state index contributed by atoms with van der Waals surface area (Å²) in [6, 6.07) is 3.23. The molecular formula is C15H25N3O. The highest BCUT2D eigenvalue weighted by atomic mass is 16.1. The second kappa shape index (κ2) is 7.49. The Bertz CT molecular complexity index is 333. The number of hydrogen-bond donors (Lipinski definition) is 2. The lowest BCUT2D eigenvalue weighted by molar-refractivity contribution is -0.121. The fraction of sp³-hybridized carbons (Fsp3) is 0.867. The van der Waals surface area contributed by atoms with Gasteiger partial charge in [0.25, 0.3) is 0 Å². The van der Waals surface area contributed by atoms with E-state index in [2.05, 4.69) is 16.7 Å². The van der Waals surface area contributed by atoms with Crippen LogP contribution in [0.3, 0.4) is 0 Å². The van der Waals surface area contributed by atoms with Crippen molar-refractivity contribution < 1.29 is 4.79 Å². The van der Waals surface area contributed by atoms with E-state index in [1.54, 1.807) is 0 Å². The van der Waals surface area contributed by atoms with Gasteiger partial charge in [-0.25, -0.2) is 0 Å². The quantitative estimate of drug-likeness (QED) is 0.570. The molecule has 2 fully saturated rings. The molecule has 2 rings (SSSR count). The molecule has 2 aliphatic carbocycles. The van der Waals surface area contributed by atoms with Crippen molar-refractivity contribution in [2.45, 2.75) is 69.9 Å². The fourth-order valence-corrected chi connectivity index (χ4v) is 2.77. The highest BCUT2D eigenvalue weighted by Gasteiger charge is 2.24. The van der Waals surface area contributed by atoms with Gasteiger partial charge in [0.1, 0.15) is 0 Å². The van der Waals surface area contributed by atoms with Crippen LogP contribution in [0, 0.1) is 17.2 Å². The average Bonchev–Trinajstić information content (AvgIpc) is 3.21. The third-order valence-electron chi connectivity index (χ3n) is 4.11. The molecule has 0 aromatic carbocycles. The number of nitriles is 1. The molecule has 4 nitrogen and oxygen atoms in total. The van der Waals surface area contributed by atoms with E-state index in [-0.39, 0.29) is 11.8 Å². The van der Waals surface area contributed by atoms with Gasteiger partial charge in [-0.05, 0) is 38.6 Å². The minimum atomic E-state index is 0.155. The predicted molar refractivity (Wildman–Crippen MR) is 74.4 cm³/mol. The first-order valence-corrected chi connectivity index (χ1v) is 7.72. The van der Waals surface area contributed by atoms with E-state index in [0.717, 1.165) is 38.6 Å². The number of carbonyl (C=O) groups is 1. The van der Waals surface area contributed by atoms with Crippen molar-refractivity contribution in [1.82, 2.24) is 10.6 Å². The summed E-state index contributed by atoms with van der Waals surface area (Å²) in [7, 11) is 0. The summed E-state index contributed by atoms with van der Waals surface area (Å²) in [6.07, 6.45) is 9.55. The minimum absolute atomic E-state index is 0.155. The number of nitrogens with zero attached hydrogens (tertiary/aromatic N) is 1. The van der Waals surface area contributed by atoms with Crippen LogP contribution in [0.15, 0.2) is 0 Å². The molecule has 1 amide bonds. The third kappa shape index (κ3) is 5.20. The summed E-state index contributed by atoms with van der Waals surface area (Å²) in [4.78, 5) is 11.5. The first kappa shape index (κ1) is 14.3. The molecule has 0 spiro atoms. The maximum atomic E-state index is 11.5. The molecule has 0 saturated heterocycles. The van der Waals surface area contributed by atoms with Crippen LogP contribution in [-0.4, -0.2) is 24.5 Å². The Kier molecular flexibility index (Phi) is 5.65. The van der Waals surface area contributed by atoms with Crippen molar-refractivity contribution in [2.24, 2.45) is 5.92 Å². The normalized spacial score (nSPS) is 27.3. The highest BCUT2D eigenvalue weighted by Crippen LogP contribution is 2.23. The van der Waals surface area contributed by atoms with Crippen molar-refractivity contribution in [3.63, 3.8) is 0 Å². The summed E-state index contributed by atoms with van der Waals surface area (Å²) in [5.41, 5.74) is 0. The van der Waals surface area contributed by atoms with Crippen LogP contribution in [-0.2, 0) is 4.79 Å². The summed E-state index contributed by atoms with van der Waals surface area (Å²) in [5, 5.41) is 15.7. The Balaban J connectivity index is 1.60. The van der Waals surface area contributed by atoms with Crippen LogP contribution < -0.4 is 10.6 Å². The van der Waals surface area contributed by atoms with Crippen molar-refractivity contribution >= 4 is 5.91 Å². The number of carbonyl (C=O) groups excluding carboxylic acids is 1. The predicted octanol–water partition coefficient (Wildman–Crippen LogP) is 2.11. The van der Waals surface area contributed by atoms with Crippen LogP contribution >= 0.6 is 0 Å². The molecule has 0 bridgehead atoms. The molecule has 0 aromatic rings. The van der Waals surface area contributed by atoms with Gasteiger partial charge < -0.3 is 10.6 Å². The highest BCUT2D eigenvalue weighted by molar-refractivity contribution is 5.76. The van der Waals surface area contributed by atoms with Gasteiger partial charge in [0.05, 0.1) is 12.0 Å². The van der Waals surface area contributed by atoms with E-state index in [1.807, 2.05) is 0 Å². The van der Waals surface area contributed by atoms with E-state index in [4.69, 9.17) is 0 Å². The molecular weight excluding hydrogens is 238 g/mol. The van der Waals surface area contributed by atoms with Crippen molar-refractivity contribution in [3.8, 4) is 6.07 Å². The summed E-state index contributed by atoms with van der Waals surface area (Å²) in [5.74, 6) is 0.338. The second-order valence-corrected chi connectivity index (χ2v) is 5.88. The largest absolute Gasteiger partial charge is 0.353 e. The maximum absolute atomic E-state index is 11.5. The molecule has 4 heteroatoms. The Hall–Kier alpha value is -1.08. The van der Waals surface area contributed by atoms with Gasteiger partial charge in [-0.1, -0.05) is 19.3 Å². The van der Waals surface area contributed by atoms with E-state index in [1.165, 1.54) is 19.3 Å². The van der Waals surface area contributed by atoms with Gasteiger partial charge in [0.15, 0.2) is 0 Å². The average molecular weight is 263 g/mol. The molecule has 2 N–H and O–H groups in total. The molecule has 19 heavy (non-hydrogen) atoms. The first-order chi connectivity index (χ1) is 9.29. The standard InChI is InChI=1S/C15H25N3O/c16-11-12-5-2-1-3-6-14(12)17-10-4-7-15(19)18-13-8-9-13/h12-14,17H,1-10H2,(H,18,19). The van der Waals surface area contributed by atoms with Crippen molar-refractivity contribution in [3.05, 3.63) is 0 Å². The SMILES string of the molecule is N#CC1CCCCCC1NCCCC(=O)NC1CC1. The molecule has 2 aliphatic rings. The van der Waals surface area contributed by atoms with E-state index < -0.39 is 0 Å². The van der Waals surface area contributed by atoms with Gasteiger partial charge in [0, 0.05) is 18.5 Å². The lowest BCUT2D eigenvalue weighted by Crippen LogP contribution is -2.36. The topological polar surface area (TPSA) is 64.9 Å². The Labute approximate surface area is 115 Å². The zero-order chi connectivity index (χ0) is 13.5. The first-order valence-electron chi connectivity index (χ1n) is 7.72. The second-order valence-electron chi connectivity index (χ2n) is 5.88. The molecule has 0 heterocycles. The van der Waals surface area contributed by atoms with E-state index in [0.29, 0.717) is 18.5 Å². The lowest BCUT2D eigenvalue weighted by atomic mass is 9.96. The zero-order valence-corrected chi connectivity index (χ0v) is 11.7. The van der Waals surface area contributed by atoms with Crippen LogP contribution in [0.5, 0.6) is 0 Å². The van der Waals surface area contributed by atoms with E-state index >= 15 is 0 Å². The minimum Gasteiger partial charge on any atom is -0.353 e. The summed E-state index contributed by atoms with van der Waals surface area (Å²) < 4.78 is 0. The molecule has 2 unspecified atom stereocenters. The van der Waals surface area contributed by atoms with Crippen LogP contribution in [0.25, 0.3) is 0 Å².